The van der Waals surface area contributed by atoms with Gasteiger partial charge >= 0.3 is 22.5 Å². The Morgan fingerprint density at radius 1 is 0.511 bits per heavy atom. The molecule has 6 aromatic rings. The van der Waals surface area contributed by atoms with Gasteiger partial charge in [-0.3, -0.25) is 19.6 Å². The number of fused-ring (bicyclic) bond motifs is 9. The van der Waals surface area contributed by atoms with Crippen molar-refractivity contribution in [1.29, 1.82) is 0 Å². The number of nitrogens with two attached hydrogens (primary N) is 2. The number of ketones is 2. The first-order valence-electron chi connectivity index (χ1n) is 13.0. The number of aromatic nitrogens is 2. The van der Waals surface area contributed by atoms with Crippen LogP contribution in [0.4, 0.5) is 0 Å². The van der Waals surface area contributed by atoms with Gasteiger partial charge in [0.2, 0.25) is 11.6 Å². The Bertz CT molecular complexity index is 1960. The number of hydrogen-bond acceptors (Lipinski definition) is 8. The molecule has 13 heteroatoms. The molecule has 8 nitrogen and oxygen atoms in total. The molecule has 1 aliphatic rings. The van der Waals surface area contributed by atoms with Crippen LogP contribution in [-0.4, -0.2) is 34.6 Å². The molecule has 0 unspecified atom stereocenters. The second-order valence-electron chi connectivity index (χ2n) is 9.31. The fourth-order valence-corrected chi connectivity index (χ4v) is 6.19. The van der Waals surface area contributed by atoms with Gasteiger partial charge in [-0.1, -0.05) is 88.0 Å². The molecule has 0 bridgehead atoms. The molecule has 4 N–H and O–H groups in total. The molecule has 45 heavy (non-hydrogen) atoms. The molecule has 5 aromatic carbocycles. The van der Waals surface area contributed by atoms with E-state index in [1.807, 2.05) is 24.3 Å². The van der Waals surface area contributed by atoms with Crippen LogP contribution >= 0.6 is 63.7 Å². The third-order valence-electron chi connectivity index (χ3n) is 6.58. The molecule has 1 heterocycles. The van der Waals surface area contributed by atoms with Crippen LogP contribution in [0, 0.1) is 0 Å². The summed E-state index contributed by atoms with van der Waals surface area (Å²) < 4.78 is 20.5. The summed E-state index contributed by atoms with van der Waals surface area (Å²) in [5.74, 6) is -0.895. The SMILES string of the molecule is Brc1ccc2c3ccc(Br)cc3c3nccnc3c2c1.NCCN.O=C1C(=O)c2cc(Br)ccc2-c2ccc(Br)cc21.[O]=[Mn]=[O]. The zero-order valence-corrected chi connectivity index (χ0v) is 30.6. The third-order valence-corrected chi connectivity index (χ3v) is 8.55. The van der Waals surface area contributed by atoms with Crippen molar-refractivity contribution >= 4 is 108 Å². The van der Waals surface area contributed by atoms with Gasteiger partial charge in [0.05, 0.1) is 11.0 Å². The van der Waals surface area contributed by atoms with E-state index in [1.54, 1.807) is 24.5 Å². The number of carbonyl (C=O) groups is 2. The van der Waals surface area contributed by atoms with Crippen molar-refractivity contribution in [1.82, 2.24) is 9.97 Å². The molecule has 0 fully saturated rings. The van der Waals surface area contributed by atoms with Gasteiger partial charge in [-0.25, -0.2) is 0 Å². The Kier molecular flexibility index (Phi) is 12.6. The first kappa shape index (κ1) is 35.1. The summed E-state index contributed by atoms with van der Waals surface area (Å²) in [6.07, 6.45) is 3.49. The zero-order chi connectivity index (χ0) is 32.7. The average Bonchev–Trinajstić information content (AvgIpc) is 3.04. The number of Topliss-reactive ketones (excluding diaryl/α,β-unsaturated/α-hetero) is 2. The Hall–Kier alpha value is -2.74. The number of nitrogens with zero attached hydrogens (tertiary/aromatic N) is 2. The first-order valence-corrected chi connectivity index (χ1v) is 17.2. The summed E-state index contributed by atoms with van der Waals surface area (Å²) in [4.78, 5) is 33.2. The van der Waals surface area contributed by atoms with Gasteiger partial charge in [-0.2, -0.15) is 0 Å². The molecule has 0 radical (unpaired) electrons. The second kappa shape index (κ2) is 16.2. The van der Waals surface area contributed by atoms with E-state index in [0.717, 1.165) is 50.8 Å². The van der Waals surface area contributed by atoms with Crippen LogP contribution in [0.15, 0.2) is 103 Å². The number of carbonyl (C=O) groups excluding carboxylic acids is 2. The summed E-state index contributed by atoms with van der Waals surface area (Å²) >= 11 is 12.3. The summed E-state index contributed by atoms with van der Waals surface area (Å²) in [6.45, 7) is 1.19. The zero-order valence-electron chi connectivity index (χ0n) is 23.1. The number of benzene rings is 5. The number of hydrogen-bond donors (Lipinski definition) is 2. The van der Waals surface area contributed by atoms with Crippen molar-refractivity contribution in [2.24, 2.45) is 11.5 Å². The first-order chi connectivity index (χ1) is 21.6. The normalized spacial score (nSPS) is 11.3. The predicted octanol–water partition coefficient (Wildman–Crippen LogP) is 8.38. The Morgan fingerprint density at radius 2 is 0.844 bits per heavy atom. The predicted molar refractivity (Wildman–Crippen MR) is 185 cm³/mol. The topological polar surface area (TPSA) is 146 Å². The van der Waals surface area contributed by atoms with E-state index in [4.69, 9.17) is 19.1 Å². The van der Waals surface area contributed by atoms with E-state index < -0.39 is 26.4 Å². The third kappa shape index (κ3) is 7.98. The minimum absolute atomic E-state index is 0.447. The quantitative estimate of drug-likeness (QED) is 0.0952. The van der Waals surface area contributed by atoms with Gasteiger partial charge in [-0.05, 0) is 70.4 Å². The maximum atomic E-state index is 12.1. The van der Waals surface area contributed by atoms with Crippen molar-refractivity contribution < 1.29 is 32.1 Å². The fourth-order valence-electron chi connectivity index (χ4n) is 4.75. The molecule has 0 spiro atoms. The van der Waals surface area contributed by atoms with E-state index in [9.17, 15) is 9.59 Å². The van der Waals surface area contributed by atoms with Gasteiger partial charge in [0.1, 0.15) is 0 Å². The minimum atomic E-state index is -1.44. The van der Waals surface area contributed by atoms with Gasteiger partial charge in [-0.15, -0.1) is 0 Å². The van der Waals surface area contributed by atoms with Gasteiger partial charge in [0.15, 0.2) is 0 Å². The molecule has 0 saturated carbocycles. The average molecular weight is 901 g/mol. The number of halogens is 4. The van der Waals surface area contributed by atoms with Crippen LogP contribution in [0.3, 0.4) is 0 Å². The van der Waals surface area contributed by atoms with Crippen LogP contribution in [-0.2, 0) is 22.5 Å². The molecule has 0 aliphatic heterocycles. The Labute approximate surface area is 297 Å². The van der Waals surface area contributed by atoms with Gasteiger partial charge < -0.3 is 11.5 Å². The van der Waals surface area contributed by atoms with E-state index in [2.05, 4.69) is 110 Å². The van der Waals surface area contributed by atoms with E-state index in [1.165, 1.54) is 10.8 Å². The second-order valence-corrected chi connectivity index (χ2v) is 13.2. The van der Waals surface area contributed by atoms with Crippen molar-refractivity contribution in [3.05, 3.63) is 114 Å². The monoisotopic (exact) mass is 897 g/mol. The standard InChI is InChI=1S/C16H8Br2N2.C14H6Br2O2.C2H8N2.Mn.2O/c17-9-1-3-11-12-4-2-10(18)8-14(12)16-15(13(11)7-9)19-5-6-20-16;15-7-1-3-9-10-4-2-8(16)6-12(10)14(18)13(17)11(9)5-7;3-1-2-4;;;/h1-8H;1-6H;1-4H2;;;. The van der Waals surface area contributed by atoms with Crippen LogP contribution in [0.2, 0.25) is 0 Å². The van der Waals surface area contributed by atoms with E-state index in [0.29, 0.717) is 24.2 Å². The molecule has 1 aliphatic carbocycles. The summed E-state index contributed by atoms with van der Waals surface area (Å²) in [7, 11) is 0. The summed E-state index contributed by atoms with van der Waals surface area (Å²) in [5, 5.41) is 4.64. The summed E-state index contributed by atoms with van der Waals surface area (Å²) in [5.41, 5.74) is 14.2. The van der Waals surface area contributed by atoms with E-state index in [-0.39, 0.29) is 0 Å². The molecule has 0 saturated heterocycles. The van der Waals surface area contributed by atoms with Crippen molar-refractivity contribution in [3.8, 4) is 11.1 Å². The van der Waals surface area contributed by atoms with Crippen LogP contribution < -0.4 is 11.5 Å². The molecule has 229 valence electrons. The van der Waals surface area contributed by atoms with Crippen LogP contribution in [0.5, 0.6) is 0 Å². The molecular weight excluding hydrogens is 879 g/mol. The molecule has 1 aromatic heterocycles. The Morgan fingerprint density at radius 3 is 1.20 bits per heavy atom. The maximum absolute atomic E-state index is 12.1. The summed E-state index contributed by atoms with van der Waals surface area (Å²) in [6, 6.07) is 23.4. The molecule has 0 atom stereocenters. The molecular formula is C32H22Br4MnN4O4. The van der Waals surface area contributed by atoms with Gasteiger partial charge in [0.25, 0.3) is 0 Å². The van der Waals surface area contributed by atoms with Crippen molar-refractivity contribution in [2.75, 3.05) is 13.1 Å². The fraction of sp³-hybridized carbons (Fsp3) is 0.0625. The van der Waals surface area contributed by atoms with Crippen molar-refractivity contribution in [3.63, 3.8) is 0 Å². The van der Waals surface area contributed by atoms with Gasteiger partial charge in [0, 0.05) is 65.3 Å². The van der Waals surface area contributed by atoms with Crippen LogP contribution in [0.1, 0.15) is 20.7 Å². The molecule has 0 amide bonds. The number of rotatable bonds is 1. The van der Waals surface area contributed by atoms with Crippen LogP contribution in [0.25, 0.3) is 43.7 Å². The Balaban J connectivity index is 0.000000171. The van der Waals surface area contributed by atoms with E-state index >= 15 is 0 Å². The van der Waals surface area contributed by atoms with Crippen molar-refractivity contribution in [2.45, 2.75) is 0 Å². The molecule has 7 rings (SSSR count).